The van der Waals surface area contributed by atoms with E-state index in [4.69, 9.17) is 5.73 Å². The summed E-state index contributed by atoms with van der Waals surface area (Å²) in [6.07, 6.45) is 2.50. The van der Waals surface area contributed by atoms with Crippen LogP contribution in [0.25, 0.3) is 0 Å². The second kappa shape index (κ2) is 2.74. The van der Waals surface area contributed by atoms with Crippen LogP contribution in [0.4, 0.5) is 0 Å². The number of nitrogens with two attached hydrogens (primary N) is 1. The standard InChI is InChI=1S/C6H13NS/c1-2-8-6-3-5(7)4-6/h5-6H,2-4,7H2,1H3. The molecule has 0 aliphatic heterocycles. The van der Waals surface area contributed by atoms with Crippen molar-refractivity contribution in [3.8, 4) is 0 Å². The second-order valence-corrected chi connectivity index (χ2v) is 3.89. The van der Waals surface area contributed by atoms with E-state index in [0.29, 0.717) is 6.04 Å². The van der Waals surface area contributed by atoms with Gasteiger partial charge in [-0.05, 0) is 18.6 Å². The first kappa shape index (κ1) is 6.43. The molecule has 0 saturated heterocycles. The molecular formula is C6H13NS. The van der Waals surface area contributed by atoms with Gasteiger partial charge in [-0.3, -0.25) is 0 Å². The molecule has 2 heteroatoms. The highest BCUT2D eigenvalue weighted by atomic mass is 32.2. The van der Waals surface area contributed by atoms with Crippen molar-refractivity contribution in [2.75, 3.05) is 5.75 Å². The quantitative estimate of drug-likeness (QED) is 0.610. The molecule has 0 spiro atoms. The molecule has 1 aliphatic rings. The van der Waals surface area contributed by atoms with Gasteiger partial charge in [0.15, 0.2) is 0 Å². The highest BCUT2D eigenvalue weighted by molar-refractivity contribution is 7.99. The summed E-state index contributed by atoms with van der Waals surface area (Å²) >= 11 is 2.04. The molecule has 0 heterocycles. The molecule has 0 aromatic heterocycles. The van der Waals surface area contributed by atoms with Crippen molar-refractivity contribution in [3.63, 3.8) is 0 Å². The summed E-state index contributed by atoms with van der Waals surface area (Å²) in [6, 6.07) is 0.527. The Kier molecular flexibility index (Phi) is 2.20. The third-order valence-corrected chi connectivity index (χ3v) is 2.72. The Morgan fingerprint density at radius 1 is 1.62 bits per heavy atom. The number of hydrogen-bond donors (Lipinski definition) is 1. The van der Waals surface area contributed by atoms with E-state index in [9.17, 15) is 0 Å². The second-order valence-electron chi connectivity index (χ2n) is 2.31. The Bertz CT molecular complexity index is 66.2. The zero-order valence-corrected chi connectivity index (χ0v) is 6.08. The SMILES string of the molecule is CCSC1CC(N)C1. The third-order valence-electron chi connectivity index (χ3n) is 1.53. The molecule has 0 radical (unpaired) electrons. The van der Waals surface area contributed by atoms with Gasteiger partial charge >= 0.3 is 0 Å². The van der Waals surface area contributed by atoms with Crippen LogP contribution in [0.15, 0.2) is 0 Å². The average Bonchev–Trinajstić information content (AvgIpc) is 1.64. The van der Waals surface area contributed by atoms with Gasteiger partial charge in [0.05, 0.1) is 0 Å². The number of hydrogen-bond acceptors (Lipinski definition) is 2. The smallest absolute Gasteiger partial charge is 0.00763 e. The fourth-order valence-corrected chi connectivity index (χ4v) is 2.22. The Hall–Kier alpha value is 0.310. The number of rotatable bonds is 2. The van der Waals surface area contributed by atoms with E-state index < -0.39 is 0 Å². The first-order chi connectivity index (χ1) is 3.83. The highest BCUT2D eigenvalue weighted by Crippen LogP contribution is 2.29. The molecule has 1 saturated carbocycles. The van der Waals surface area contributed by atoms with E-state index in [1.54, 1.807) is 0 Å². The summed E-state index contributed by atoms with van der Waals surface area (Å²) in [6.45, 7) is 2.20. The summed E-state index contributed by atoms with van der Waals surface area (Å²) in [7, 11) is 0. The van der Waals surface area contributed by atoms with Crippen LogP contribution in [0.1, 0.15) is 19.8 Å². The van der Waals surface area contributed by atoms with Crippen LogP contribution in [-0.4, -0.2) is 17.0 Å². The normalized spacial score (nSPS) is 36.8. The summed E-state index contributed by atoms with van der Waals surface area (Å²) in [4.78, 5) is 0. The molecule has 0 aromatic carbocycles. The Morgan fingerprint density at radius 2 is 2.25 bits per heavy atom. The van der Waals surface area contributed by atoms with E-state index in [1.165, 1.54) is 18.6 Å². The molecular weight excluding hydrogens is 118 g/mol. The van der Waals surface area contributed by atoms with Crippen molar-refractivity contribution >= 4 is 11.8 Å². The van der Waals surface area contributed by atoms with Gasteiger partial charge in [0.2, 0.25) is 0 Å². The van der Waals surface area contributed by atoms with Crippen LogP contribution in [0.2, 0.25) is 0 Å². The van der Waals surface area contributed by atoms with E-state index >= 15 is 0 Å². The summed E-state index contributed by atoms with van der Waals surface area (Å²) < 4.78 is 0. The molecule has 0 unspecified atom stereocenters. The average molecular weight is 131 g/mol. The van der Waals surface area contributed by atoms with E-state index in [2.05, 4.69) is 6.92 Å². The minimum Gasteiger partial charge on any atom is -0.328 e. The fourth-order valence-electron chi connectivity index (χ4n) is 0.978. The lowest BCUT2D eigenvalue weighted by atomic mass is 9.94. The summed E-state index contributed by atoms with van der Waals surface area (Å²) in [5.74, 6) is 1.25. The lowest BCUT2D eigenvalue weighted by Gasteiger charge is -2.31. The monoisotopic (exact) mass is 131 g/mol. The van der Waals surface area contributed by atoms with E-state index in [0.717, 1.165) is 5.25 Å². The van der Waals surface area contributed by atoms with Gasteiger partial charge in [-0.2, -0.15) is 11.8 Å². The van der Waals surface area contributed by atoms with Crippen molar-refractivity contribution in [1.82, 2.24) is 0 Å². The van der Waals surface area contributed by atoms with Gasteiger partial charge < -0.3 is 5.73 Å². The predicted octanol–water partition coefficient (Wildman–Crippen LogP) is 1.23. The van der Waals surface area contributed by atoms with Crippen molar-refractivity contribution in [2.45, 2.75) is 31.1 Å². The Balaban J connectivity index is 1.98. The maximum absolute atomic E-state index is 5.59. The van der Waals surface area contributed by atoms with Gasteiger partial charge in [0, 0.05) is 11.3 Å². The molecule has 2 N–H and O–H groups in total. The Labute approximate surface area is 55.0 Å². The third kappa shape index (κ3) is 1.39. The molecule has 0 atom stereocenters. The molecule has 0 aromatic rings. The van der Waals surface area contributed by atoms with Gasteiger partial charge in [0.25, 0.3) is 0 Å². The first-order valence-electron chi connectivity index (χ1n) is 3.20. The van der Waals surface area contributed by atoms with Crippen molar-refractivity contribution in [2.24, 2.45) is 5.73 Å². The molecule has 0 bridgehead atoms. The molecule has 8 heavy (non-hydrogen) atoms. The topological polar surface area (TPSA) is 26.0 Å². The molecule has 1 aliphatic carbocycles. The minimum atomic E-state index is 0.527. The maximum atomic E-state index is 5.59. The van der Waals surface area contributed by atoms with Crippen LogP contribution < -0.4 is 5.73 Å². The lowest BCUT2D eigenvalue weighted by molar-refractivity contribution is 0.433. The first-order valence-corrected chi connectivity index (χ1v) is 4.25. The van der Waals surface area contributed by atoms with Crippen LogP contribution in [0.5, 0.6) is 0 Å². The maximum Gasteiger partial charge on any atom is 0.00763 e. The largest absolute Gasteiger partial charge is 0.328 e. The van der Waals surface area contributed by atoms with Crippen molar-refractivity contribution < 1.29 is 0 Å². The van der Waals surface area contributed by atoms with Gasteiger partial charge in [0.1, 0.15) is 0 Å². The van der Waals surface area contributed by atoms with Crippen LogP contribution in [0, 0.1) is 0 Å². The van der Waals surface area contributed by atoms with E-state index in [-0.39, 0.29) is 0 Å². The van der Waals surface area contributed by atoms with Crippen molar-refractivity contribution in [3.05, 3.63) is 0 Å². The van der Waals surface area contributed by atoms with Crippen LogP contribution in [0.3, 0.4) is 0 Å². The molecule has 1 nitrogen and oxygen atoms in total. The van der Waals surface area contributed by atoms with Gasteiger partial charge in [-0.25, -0.2) is 0 Å². The fraction of sp³-hybridized carbons (Fsp3) is 1.00. The molecule has 48 valence electrons. The predicted molar refractivity (Wildman–Crippen MR) is 39.1 cm³/mol. The summed E-state index contributed by atoms with van der Waals surface area (Å²) in [5, 5.41) is 0.898. The molecule has 1 fully saturated rings. The zero-order chi connectivity index (χ0) is 5.98. The number of thioether (sulfide) groups is 1. The lowest BCUT2D eigenvalue weighted by Crippen LogP contribution is -2.38. The van der Waals surface area contributed by atoms with Crippen molar-refractivity contribution in [1.29, 1.82) is 0 Å². The molecule has 0 amide bonds. The van der Waals surface area contributed by atoms with Crippen LogP contribution in [-0.2, 0) is 0 Å². The van der Waals surface area contributed by atoms with Crippen LogP contribution >= 0.6 is 11.8 Å². The summed E-state index contributed by atoms with van der Waals surface area (Å²) in [5.41, 5.74) is 5.59. The van der Waals surface area contributed by atoms with E-state index in [1.807, 2.05) is 11.8 Å². The molecule has 1 rings (SSSR count). The zero-order valence-electron chi connectivity index (χ0n) is 5.26. The van der Waals surface area contributed by atoms with Gasteiger partial charge in [-0.15, -0.1) is 0 Å². The Morgan fingerprint density at radius 3 is 2.62 bits per heavy atom. The van der Waals surface area contributed by atoms with Gasteiger partial charge in [-0.1, -0.05) is 6.92 Å². The minimum absolute atomic E-state index is 0.527. The highest BCUT2D eigenvalue weighted by Gasteiger charge is 2.24.